The minimum atomic E-state index is -0.133. The number of nitrogens with one attached hydrogen (secondary N) is 2. The molecular weight excluding hydrogens is 354 g/mol. The average molecular weight is 382 g/mol. The van der Waals surface area contributed by atoms with Crippen molar-refractivity contribution in [1.29, 1.82) is 0 Å². The Kier molecular flexibility index (Phi) is 6.48. The van der Waals surface area contributed by atoms with Gasteiger partial charge in [-0.3, -0.25) is 4.99 Å². The predicted molar refractivity (Wildman–Crippen MR) is 104 cm³/mol. The second-order valence-electron chi connectivity index (χ2n) is 6.88. The van der Waals surface area contributed by atoms with Gasteiger partial charge in [0.1, 0.15) is 13.2 Å². The zero-order valence-corrected chi connectivity index (χ0v) is 16.3. The monoisotopic (exact) mass is 381 g/mol. The van der Waals surface area contributed by atoms with Crippen molar-refractivity contribution in [2.24, 2.45) is 4.99 Å². The number of hydrogen-bond acceptors (Lipinski definition) is 4. The zero-order valence-electron chi connectivity index (χ0n) is 15.6. The van der Waals surface area contributed by atoms with Crippen LogP contribution in [0.25, 0.3) is 0 Å². The molecule has 3 rings (SSSR count). The lowest BCUT2D eigenvalue weighted by molar-refractivity contribution is 0.0283. The van der Waals surface area contributed by atoms with E-state index in [1.165, 1.54) is 0 Å². The number of guanidine groups is 1. The van der Waals surface area contributed by atoms with Crippen LogP contribution in [0.3, 0.4) is 0 Å². The summed E-state index contributed by atoms with van der Waals surface area (Å²) in [4.78, 5) is 4.68. The molecule has 0 amide bonds. The third-order valence-electron chi connectivity index (χ3n) is 4.58. The van der Waals surface area contributed by atoms with Crippen molar-refractivity contribution >= 4 is 17.6 Å². The highest BCUT2D eigenvalue weighted by Gasteiger charge is 2.29. The first-order valence-electron chi connectivity index (χ1n) is 9.34. The minimum Gasteiger partial charge on any atom is -0.486 e. The lowest BCUT2D eigenvalue weighted by Crippen LogP contribution is -2.40. The number of aliphatic imine (C=N–C) groups is 1. The Morgan fingerprint density at radius 2 is 2.08 bits per heavy atom. The van der Waals surface area contributed by atoms with E-state index in [2.05, 4.69) is 29.5 Å². The Balaban J connectivity index is 1.55. The first kappa shape index (κ1) is 19.1. The molecule has 2 heterocycles. The van der Waals surface area contributed by atoms with Crippen molar-refractivity contribution in [3.05, 3.63) is 22.7 Å². The van der Waals surface area contributed by atoms with Gasteiger partial charge >= 0.3 is 0 Å². The van der Waals surface area contributed by atoms with E-state index in [9.17, 15) is 0 Å². The summed E-state index contributed by atoms with van der Waals surface area (Å²) in [6, 6.07) is 3.94. The molecular formula is C19H28ClN3O3. The first-order chi connectivity index (χ1) is 12.6. The molecule has 2 N–H and O–H groups in total. The maximum atomic E-state index is 6.30. The Bertz CT molecular complexity index is 645. The fourth-order valence-corrected chi connectivity index (χ4v) is 3.47. The van der Waals surface area contributed by atoms with Crippen molar-refractivity contribution in [2.45, 2.75) is 38.7 Å². The van der Waals surface area contributed by atoms with Crippen LogP contribution in [-0.2, 0) is 11.2 Å². The van der Waals surface area contributed by atoms with Crippen LogP contribution in [-0.4, -0.2) is 51.0 Å². The highest BCUT2D eigenvalue weighted by molar-refractivity contribution is 6.32. The summed E-state index contributed by atoms with van der Waals surface area (Å²) in [5.74, 6) is 2.19. The van der Waals surface area contributed by atoms with Gasteiger partial charge in [-0.05, 0) is 50.8 Å². The maximum Gasteiger partial charge on any atom is 0.191 e. The van der Waals surface area contributed by atoms with E-state index >= 15 is 0 Å². The summed E-state index contributed by atoms with van der Waals surface area (Å²) in [6.07, 6.45) is 2.99. The number of nitrogens with zero attached hydrogens (tertiary/aromatic N) is 1. The predicted octanol–water partition coefficient (Wildman–Crippen LogP) is 2.78. The smallest absolute Gasteiger partial charge is 0.191 e. The SMILES string of the molecule is CCNC(=NCC1(C)CCCO1)NCCc1cc(Cl)c2c(c1)OCCO2. The van der Waals surface area contributed by atoms with Crippen LogP contribution in [0.15, 0.2) is 17.1 Å². The largest absolute Gasteiger partial charge is 0.486 e. The van der Waals surface area contributed by atoms with Crippen LogP contribution in [0.2, 0.25) is 5.02 Å². The van der Waals surface area contributed by atoms with E-state index < -0.39 is 0 Å². The molecule has 2 aliphatic rings. The van der Waals surface area contributed by atoms with Crippen molar-refractivity contribution in [2.75, 3.05) is 39.5 Å². The van der Waals surface area contributed by atoms with E-state index in [-0.39, 0.29) is 5.60 Å². The van der Waals surface area contributed by atoms with Gasteiger partial charge in [-0.15, -0.1) is 0 Å². The molecule has 2 aliphatic heterocycles. The lowest BCUT2D eigenvalue weighted by atomic mass is 10.0. The van der Waals surface area contributed by atoms with Crippen LogP contribution in [0, 0.1) is 0 Å². The van der Waals surface area contributed by atoms with Gasteiger partial charge in [-0.2, -0.15) is 0 Å². The molecule has 1 saturated heterocycles. The molecule has 0 spiro atoms. The standard InChI is InChI=1S/C19H28ClN3O3/c1-3-21-18(23-13-19(2)6-4-8-26-19)22-7-5-14-11-15(20)17-16(12-14)24-9-10-25-17/h11-12H,3-10,13H2,1-2H3,(H2,21,22,23). The molecule has 0 saturated carbocycles. The van der Waals surface area contributed by atoms with E-state index in [1.807, 2.05) is 12.1 Å². The van der Waals surface area contributed by atoms with Gasteiger partial charge in [0, 0.05) is 19.7 Å². The third kappa shape index (κ3) is 4.95. The number of halogens is 1. The Hall–Kier alpha value is -1.66. The average Bonchev–Trinajstić information content (AvgIpc) is 3.07. The molecule has 0 aliphatic carbocycles. The summed E-state index contributed by atoms with van der Waals surface area (Å²) in [7, 11) is 0. The van der Waals surface area contributed by atoms with Crippen molar-refractivity contribution < 1.29 is 14.2 Å². The third-order valence-corrected chi connectivity index (χ3v) is 4.86. The zero-order chi connectivity index (χ0) is 18.4. The number of fused-ring (bicyclic) bond motifs is 1. The summed E-state index contributed by atoms with van der Waals surface area (Å²) in [5, 5.41) is 7.26. The van der Waals surface area contributed by atoms with Crippen LogP contribution < -0.4 is 20.1 Å². The second kappa shape index (κ2) is 8.82. The van der Waals surface area contributed by atoms with Gasteiger partial charge < -0.3 is 24.8 Å². The molecule has 6 nitrogen and oxygen atoms in total. The van der Waals surface area contributed by atoms with E-state index in [0.29, 0.717) is 30.5 Å². The highest BCUT2D eigenvalue weighted by Crippen LogP contribution is 2.38. The Morgan fingerprint density at radius 1 is 1.23 bits per heavy atom. The number of rotatable bonds is 6. The van der Waals surface area contributed by atoms with E-state index in [1.54, 1.807) is 0 Å². The van der Waals surface area contributed by atoms with Gasteiger partial charge in [0.15, 0.2) is 17.5 Å². The van der Waals surface area contributed by atoms with Crippen LogP contribution in [0.1, 0.15) is 32.3 Å². The van der Waals surface area contributed by atoms with Crippen molar-refractivity contribution in [3.63, 3.8) is 0 Å². The van der Waals surface area contributed by atoms with Gasteiger partial charge in [0.05, 0.1) is 17.2 Å². The van der Waals surface area contributed by atoms with Crippen molar-refractivity contribution in [1.82, 2.24) is 10.6 Å². The molecule has 26 heavy (non-hydrogen) atoms. The molecule has 7 heteroatoms. The van der Waals surface area contributed by atoms with Crippen molar-refractivity contribution in [3.8, 4) is 11.5 Å². The normalized spacial score (nSPS) is 22.3. The quantitative estimate of drug-likeness (QED) is 0.586. The van der Waals surface area contributed by atoms with Gasteiger partial charge in [-0.1, -0.05) is 11.6 Å². The molecule has 1 aromatic carbocycles. The van der Waals surface area contributed by atoms with Crippen LogP contribution >= 0.6 is 11.6 Å². The molecule has 1 atom stereocenters. The number of benzene rings is 1. The first-order valence-corrected chi connectivity index (χ1v) is 9.71. The van der Waals surface area contributed by atoms with Gasteiger partial charge in [-0.25, -0.2) is 0 Å². The Morgan fingerprint density at radius 3 is 2.85 bits per heavy atom. The molecule has 1 unspecified atom stereocenters. The Labute approximate surface area is 160 Å². The van der Waals surface area contributed by atoms with Crippen LogP contribution in [0.5, 0.6) is 11.5 Å². The summed E-state index contributed by atoms with van der Waals surface area (Å²) < 4.78 is 17.0. The topological polar surface area (TPSA) is 64.1 Å². The fraction of sp³-hybridized carbons (Fsp3) is 0.632. The molecule has 144 valence electrons. The van der Waals surface area contributed by atoms with Crippen LogP contribution in [0.4, 0.5) is 0 Å². The summed E-state index contributed by atoms with van der Waals surface area (Å²) in [5.41, 5.74) is 0.972. The van der Waals surface area contributed by atoms with E-state index in [4.69, 9.17) is 25.8 Å². The fourth-order valence-electron chi connectivity index (χ4n) is 3.18. The molecule has 1 fully saturated rings. The summed E-state index contributed by atoms with van der Waals surface area (Å²) >= 11 is 6.30. The van der Waals surface area contributed by atoms with Gasteiger partial charge in [0.2, 0.25) is 0 Å². The molecule has 1 aromatic rings. The van der Waals surface area contributed by atoms with E-state index in [0.717, 1.165) is 56.2 Å². The maximum absolute atomic E-state index is 6.30. The molecule has 0 bridgehead atoms. The minimum absolute atomic E-state index is 0.133. The summed E-state index contributed by atoms with van der Waals surface area (Å²) in [6.45, 7) is 8.36. The highest BCUT2D eigenvalue weighted by atomic mass is 35.5. The number of hydrogen-bond donors (Lipinski definition) is 2. The molecule has 0 radical (unpaired) electrons. The number of ether oxygens (including phenoxy) is 3. The van der Waals surface area contributed by atoms with Gasteiger partial charge in [0.25, 0.3) is 0 Å². The molecule has 0 aromatic heterocycles. The lowest BCUT2D eigenvalue weighted by Gasteiger charge is -2.22. The second-order valence-corrected chi connectivity index (χ2v) is 7.28.